The zero-order chi connectivity index (χ0) is 16.2. The van der Waals surface area contributed by atoms with Crippen LogP contribution in [0.1, 0.15) is 24.6 Å². The van der Waals surface area contributed by atoms with Crippen molar-refractivity contribution in [2.24, 2.45) is 0 Å². The lowest BCUT2D eigenvalue weighted by atomic mass is 10.1. The molecule has 1 aliphatic rings. The van der Waals surface area contributed by atoms with Crippen LogP contribution in [0.3, 0.4) is 0 Å². The predicted molar refractivity (Wildman–Crippen MR) is 80.4 cm³/mol. The highest BCUT2D eigenvalue weighted by atomic mass is 19.1. The lowest BCUT2D eigenvalue weighted by Gasteiger charge is -2.24. The van der Waals surface area contributed by atoms with Gasteiger partial charge in [-0.3, -0.25) is 4.79 Å². The number of halogens is 1. The maximum atomic E-state index is 13.5. The number of nitrogens with one attached hydrogen (secondary N) is 1. The van der Waals surface area contributed by atoms with Crippen molar-refractivity contribution in [1.82, 2.24) is 14.9 Å². The van der Waals surface area contributed by atoms with Crippen molar-refractivity contribution < 1.29 is 13.9 Å². The van der Waals surface area contributed by atoms with Crippen molar-refractivity contribution in [1.29, 1.82) is 0 Å². The van der Waals surface area contributed by atoms with Crippen LogP contribution in [-0.2, 0) is 4.79 Å². The van der Waals surface area contributed by atoms with Gasteiger partial charge in [-0.2, -0.15) is 0 Å². The molecule has 3 rings (SSSR count). The molecule has 0 bridgehead atoms. The summed E-state index contributed by atoms with van der Waals surface area (Å²) in [4.78, 5) is 31.6. The van der Waals surface area contributed by atoms with Crippen LogP contribution >= 0.6 is 0 Å². The SMILES string of the molecule is O=C(COc1ccccc1F)N1CCCC1c1ccnc(=O)[nH]1. The molecule has 6 nitrogen and oxygen atoms in total. The highest BCUT2D eigenvalue weighted by Gasteiger charge is 2.30. The van der Waals surface area contributed by atoms with Crippen LogP contribution in [0.25, 0.3) is 0 Å². The first-order chi connectivity index (χ1) is 11.1. The number of nitrogens with zero attached hydrogens (tertiary/aromatic N) is 2. The number of para-hydroxylation sites is 1. The molecule has 1 amide bonds. The maximum absolute atomic E-state index is 13.5. The van der Waals surface area contributed by atoms with E-state index in [1.807, 2.05) is 0 Å². The number of hydrogen-bond donors (Lipinski definition) is 1. The number of likely N-dealkylation sites (tertiary alicyclic amines) is 1. The molecule has 2 aromatic rings. The molecule has 0 radical (unpaired) electrons. The number of aromatic nitrogens is 2. The Morgan fingerprint density at radius 3 is 3.00 bits per heavy atom. The van der Waals surface area contributed by atoms with E-state index in [0.29, 0.717) is 12.2 Å². The number of carbonyl (C=O) groups is 1. The van der Waals surface area contributed by atoms with Crippen LogP contribution in [0, 0.1) is 5.82 Å². The predicted octanol–water partition coefficient (Wildman–Crippen LogP) is 1.65. The monoisotopic (exact) mass is 317 g/mol. The van der Waals surface area contributed by atoms with Gasteiger partial charge in [-0.1, -0.05) is 12.1 Å². The summed E-state index contributed by atoms with van der Waals surface area (Å²) >= 11 is 0. The van der Waals surface area contributed by atoms with E-state index >= 15 is 0 Å². The number of carbonyl (C=O) groups excluding carboxylic acids is 1. The number of rotatable bonds is 4. The Morgan fingerprint density at radius 2 is 2.22 bits per heavy atom. The molecule has 1 atom stereocenters. The van der Waals surface area contributed by atoms with Gasteiger partial charge in [-0.05, 0) is 31.0 Å². The molecule has 0 saturated carbocycles. The third-order valence-electron chi connectivity index (χ3n) is 3.82. The second kappa shape index (κ2) is 6.60. The molecule has 1 unspecified atom stereocenters. The fraction of sp³-hybridized carbons (Fsp3) is 0.312. The minimum Gasteiger partial charge on any atom is -0.481 e. The summed E-state index contributed by atoms with van der Waals surface area (Å²) in [5.74, 6) is -0.695. The standard InChI is InChI=1S/C16H16FN3O3/c17-11-4-1-2-6-14(11)23-10-15(21)20-9-3-5-13(20)12-7-8-18-16(22)19-12/h1-2,4,6-8,13H,3,5,9-10H2,(H,18,19,22). The van der Waals surface area contributed by atoms with E-state index in [9.17, 15) is 14.0 Å². The van der Waals surface area contributed by atoms with Crippen molar-refractivity contribution in [2.75, 3.05) is 13.2 Å². The molecular weight excluding hydrogens is 301 g/mol. The molecular formula is C16H16FN3O3. The van der Waals surface area contributed by atoms with Gasteiger partial charge in [0.25, 0.3) is 5.91 Å². The summed E-state index contributed by atoms with van der Waals surface area (Å²) in [6.45, 7) is 0.335. The lowest BCUT2D eigenvalue weighted by molar-refractivity contribution is -0.134. The third kappa shape index (κ3) is 3.39. The van der Waals surface area contributed by atoms with Crippen molar-refractivity contribution in [2.45, 2.75) is 18.9 Å². The number of ether oxygens (including phenoxy) is 1. The zero-order valence-corrected chi connectivity index (χ0v) is 12.4. The molecule has 1 aromatic heterocycles. The van der Waals surface area contributed by atoms with Crippen LogP contribution in [0.15, 0.2) is 41.3 Å². The number of hydrogen-bond acceptors (Lipinski definition) is 4. The van der Waals surface area contributed by atoms with Crippen molar-refractivity contribution in [3.05, 3.63) is 58.5 Å². The Hall–Kier alpha value is -2.70. The molecule has 7 heteroatoms. The van der Waals surface area contributed by atoms with Gasteiger partial charge in [-0.25, -0.2) is 14.2 Å². The average molecular weight is 317 g/mol. The quantitative estimate of drug-likeness (QED) is 0.930. The minimum absolute atomic E-state index is 0.0499. The smallest absolute Gasteiger partial charge is 0.345 e. The van der Waals surface area contributed by atoms with Crippen molar-refractivity contribution in [3.8, 4) is 5.75 Å². The number of amides is 1. The Kier molecular flexibility index (Phi) is 4.36. The van der Waals surface area contributed by atoms with E-state index in [1.54, 1.807) is 23.1 Å². The largest absolute Gasteiger partial charge is 0.481 e. The van der Waals surface area contributed by atoms with Crippen LogP contribution in [0.2, 0.25) is 0 Å². The Bertz CT molecular complexity index is 762. The van der Waals surface area contributed by atoms with E-state index in [2.05, 4.69) is 9.97 Å². The lowest BCUT2D eigenvalue weighted by Crippen LogP contribution is -2.35. The van der Waals surface area contributed by atoms with Crippen molar-refractivity contribution in [3.63, 3.8) is 0 Å². The third-order valence-corrected chi connectivity index (χ3v) is 3.82. The molecule has 1 aliphatic heterocycles. The Morgan fingerprint density at radius 1 is 1.39 bits per heavy atom. The van der Waals surface area contributed by atoms with E-state index < -0.39 is 11.5 Å². The highest BCUT2D eigenvalue weighted by molar-refractivity contribution is 5.78. The van der Waals surface area contributed by atoms with E-state index in [4.69, 9.17) is 4.74 Å². The molecule has 1 N–H and O–H groups in total. The van der Waals surface area contributed by atoms with Gasteiger partial charge in [-0.15, -0.1) is 0 Å². The molecule has 23 heavy (non-hydrogen) atoms. The summed E-state index contributed by atoms with van der Waals surface area (Å²) in [6.07, 6.45) is 3.01. The molecule has 2 heterocycles. The number of benzene rings is 1. The first kappa shape index (κ1) is 15.2. The van der Waals surface area contributed by atoms with Crippen LogP contribution < -0.4 is 10.4 Å². The fourth-order valence-corrected chi connectivity index (χ4v) is 2.75. The highest BCUT2D eigenvalue weighted by Crippen LogP contribution is 2.30. The van der Waals surface area contributed by atoms with Crippen molar-refractivity contribution >= 4 is 5.91 Å². The van der Waals surface area contributed by atoms with Gasteiger partial charge in [0.05, 0.1) is 6.04 Å². The minimum atomic E-state index is -0.503. The first-order valence-corrected chi connectivity index (χ1v) is 7.37. The first-order valence-electron chi connectivity index (χ1n) is 7.37. The molecule has 1 fully saturated rings. The number of aromatic amines is 1. The van der Waals surface area contributed by atoms with Gasteiger partial charge in [0.2, 0.25) is 0 Å². The summed E-state index contributed by atoms with van der Waals surface area (Å²) in [5, 5.41) is 0. The summed E-state index contributed by atoms with van der Waals surface area (Å²) in [7, 11) is 0. The van der Waals surface area contributed by atoms with Gasteiger partial charge >= 0.3 is 5.69 Å². The van der Waals surface area contributed by atoms with E-state index in [-0.39, 0.29) is 24.3 Å². The molecule has 0 aliphatic carbocycles. The summed E-state index contributed by atoms with van der Waals surface area (Å²) in [6, 6.07) is 7.44. The average Bonchev–Trinajstić information content (AvgIpc) is 3.03. The molecule has 120 valence electrons. The second-order valence-electron chi connectivity index (χ2n) is 5.29. The molecule has 0 spiro atoms. The normalized spacial score (nSPS) is 17.3. The molecule has 1 aromatic carbocycles. The number of H-pyrrole nitrogens is 1. The molecule has 1 saturated heterocycles. The Balaban J connectivity index is 1.69. The van der Waals surface area contributed by atoms with Gasteiger partial charge in [0.15, 0.2) is 18.2 Å². The fourth-order valence-electron chi connectivity index (χ4n) is 2.75. The summed E-state index contributed by atoms with van der Waals surface area (Å²) in [5.41, 5.74) is 0.214. The topological polar surface area (TPSA) is 75.3 Å². The van der Waals surface area contributed by atoms with Gasteiger partial charge in [0, 0.05) is 18.4 Å². The van der Waals surface area contributed by atoms with Gasteiger partial charge in [0.1, 0.15) is 0 Å². The second-order valence-corrected chi connectivity index (χ2v) is 5.29. The van der Waals surface area contributed by atoms with Crippen LogP contribution in [0.4, 0.5) is 4.39 Å². The maximum Gasteiger partial charge on any atom is 0.345 e. The van der Waals surface area contributed by atoms with E-state index in [1.165, 1.54) is 18.3 Å². The Labute approximate surface area is 131 Å². The van der Waals surface area contributed by atoms with Gasteiger partial charge < -0.3 is 14.6 Å². The van der Waals surface area contributed by atoms with Crippen LogP contribution in [0.5, 0.6) is 5.75 Å². The zero-order valence-electron chi connectivity index (χ0n) is 12.4. The van der Waals surface area contributed by atoms with Crippen LogP contribution in [-0.4, -0.2) is 33.9 Å². The summed E-state index contributed by atoms with van der Waals surface area (Å²) < 4.78 is 18.8. The van der Waals surface area contributed by atoms with E-state index in [0.717, 1.165) is 12.8 Å².